The number of rotatable bonds is 3. The van der Waals surface area contributed by atoms with E-state index in [-0.39, 0.29) is 34.5 Å². The van der Waals surface area contributed by atoms with Gasteiger partial charge in [-0.15, -0.1) is 5.10 Å². The Morgan fingerprint density at radius 3 is 2.60 bits per heavy atom. The number of aliphatic hydroxyl groups excluding tert-OH is 1. The molecule has 0 aromatic carbocycles. The third kappa shape index (κ3) is 4.68. The summed E-state index contributed by atoms with van der Waals surface area (Å²) in [5, 5.41) is 12.7. The van der Waals surface area contributed by atoms with Gasteiger partial charge in [0.1, 0.15) is 5.52 Å². The molecular weight excluding hydrogens is 406 g/mol. The molecule has 7 nitrogen and oxygen atoms in total. The number of halogens is 4. The average molecular weight is 427 g/mol. The lowest BCUT2D eigenvalue weighted by Gasteiger charge is -2.19. The summed E-state index contributed by atoms with van der Waals surface area (Å²) >= 11 is 0. The standard InChI is InChI=1S/C14H11F4N5.C5H10O2/c1-14(18,12(16)17)7-2-3-9(20-5-7)10-4-8(15)11-6-21-13(19)22-23(10)11;6-5-2-1-3-7-4-5/h2-6,12H,1H3,(H2,19,22);5-6H,1-4H2. The van der Waals surface area contributed by atoms with E-state index in [1.807, 2.05) is 0 Å². The summed E-state index contributed by atoms with van der Waals surface area (Å²) < 4.78 is 59.3. The van der Waals surface area contributed by atoms with Crippen molar-refractivity contribution in [3.8, 4) is 11.4 Å². The van der Waals surface area contributed by atoms with Crippen LogP contribution in [0.25, 0.3) is 16.9 Å². The Hall–Kier alpha value is -2.79. The molecule has 0 amide bonds. The number of aromatic nitrogens is 4. The van der Waals surface area contributed by atoms with Gasteiger partial charge in [0.2, 0.25) is 5.95 Å². The van der Waals surface area contributed by atoms with Crippen LogP contribution >= 0.6 is 0 Å². The van der Waals surface area contributed by atoms with Crippen LogP contribution < -0.4 is 5.73 Å². The first kappa shape index (κ1) is 21.9. The Balaban J connectivity index is 0.000000310. The van der Waals surface area contributed by atoms with Crippen molar-refractivity contribution < 1.29 is 27.4 Å². The van der Waals surface area contributed by atoms with Gasteiger partial charge in [-0.05, 0) is 25.8 Å². The number of nitrogen functional groups attached to an aromatic ring is 1. The molecular formula is C19H21F4N5O2. The highest BCUT2D eigenvalue weighted by Gasteiger charge is 2.37. The normalized spacial score (nSPS) is 18.7. The summed E-state index contributed by atoms with van der Waals surface area (Å²) in [7, 11) is 0. The number of fused-ring (bicyclic) bond motifs is 1. The lowest BCUT2D eigenvalue weighted by Crippen LogP contribution is -2.25. The molecule has 3 aromatic rings. The predicted molar refractivity (Wildman–Crippen MR) is 101 cm³/mol. The second kappa shape index (κ2) is 8.92. The Bertz CT molecular complexity index is 989. The fourth-order valence-electron chi connectivity index (χ4n) is 2.83. The van der Waals surface area contributed by atoms with Gasteiger partial charge >= 0.3 is 0 Å². The quantitative estimate of drug-likeness (QED) is 0.624. The molecule has 1 aliphatic heterocycles. The van der Waals surface area contributed by atoms with Gasteiger partial charge in [0.25, 0.3) is 6.43 Å². The summed E-state index contributed by atoms with van der Waals surface area (Å²) in [6.45, 7) is 2.14. The van der Waals surface area contributed by atoms with Gasteiger partial charge in [-0.3, -0.25) is 4.98 Å². The lowest BCUT2D eigenvalue weighted by atomic mass is 10.00. The van der Waals surface area contributed by atoms with Gasteiger partial charge in [-0.1, -0.05) is 6.07 Å². The lowest BCUT2D eigenvalue weighted by molar-refractivity contribution is -0.0260. The first-order chi connectivity index (χ1) is 14.2. The first-order valence-electron chi connectivity index (χ1n) is 9.19. The maximum atomic E-state index is 13.9. The number of aliphatic hydroxyl groups is 1. The highest BCUT2D eigenvalue weighted by Crippen LogP contribution is 2.33. The molecule has 0 bridgehead atoms. The molecule has 1 fully saturated rings. The SMILES string of the molecule is CC(F)(c1ccc(-c2cc(F)c3cnc(N)nn23)nc1)C(F)F.OC1CCCOC1. The van der Waals surface area contributed by atoms with Crippen molar-refractivity contribution in [1.82, 2.24) is 19.6 Å². The zero-order valence-electron chi connectivity index (χ0n) is 16.1. The van der Waals surface area contributed by atoms with Crippen LogP contribution in [0.5, 0.6) is 0 Å². The van der Waals surface area contributed by atoms with Gasteiger partial charge in [0.05, 0.1) is 30.3 Å². The van der Waals surface area contributed by atoms with Crippen LogP contribution in [0.4, 0.5) is 23.5 Å². The van der Waals surface area contributed by atoms with Crippen molar-refractivity contribution in [2.45, 2.75) is 38.0 Å². The first-order valence-corrected chi connectivity index (χ1v) is 9.19. The number of hydrogen-bond acceptors (Lipinski definition) is 6. The molecule has 4 rings (SSSR count). The van der Waals surface area contributed by atoms with Crippen molar-refractivity contribution in [2.24, 2.45) is 0 Å². The molecule has 0 spiro atoms. The van der Waals surface area contributed by atoms with Gasteiger partial charge in [0, 0.05) is 24.4 Å². The molecule has 1 aliphatic rings. The summed E-state index contributed by atoms with van der Waals surface area (Å²) in [6.07, 6.45) is 0.762. The zero-order chi connectivity index (χ0) is 21.9. The van der Waals surface area contributed by atoms with Gasteiger partial charge in [-0.25, -0.2) is 27.1 Å². The van der Waals surface area contributed by atoms with Crippen molar-refractivity contribution in [3.05, 3.63) is 42.0 Å². The van der Waals surface area contributed by atoms with E-state index in [2.05, 4.69) is 15.1 Å². The number of ether oxygens (including phenoxy) is 1. The fraction of sp³-hybridized carbons (Fsp3) is 0.421. The molecule has 162 valence electrons. The number of pyridine rings is 1. The highest BCUT2D eigenvalue weighted by atomic mass is 19.3. The van der Waals surface area contributed by atoms with Crippen LogP contribution in [0, 0.1) is 5.82 Å². The highest BCUT2D eigenvalue weighted by molar-refractivity contribution is 5.64. The van der Waals surface area contributed by atoms with Gasteiger partial charge in [-0.2, -0.15) is 0 Å². The molecule has 1 saturated heterocycles. The molecule has 2 atom stereocenters. The number of nitrogens with zero attached hydrogens (tertiary/aromatic N) is 4. The molecule has 4 heterocycles. The minimum absolute atomic E-state index is 0.0694. The van der Waals surface area contributed by atoms with Crippen molar-refractivity contribution >= 4 is 11.5 Å². The predicted octanol–water partition coefficient (Wildman–Crippen LogP) is 3.12. The Morgan fingerprint density at radius 2 is 2.07 bits per heavy atom. The van der Waals surface area contributed by atoms with E-state index in [0.717, 1.165) is 38.6 Å². The molecule has 2 unspecified atom stereocenters. The van der Waals surface area contributed by atoms with E-state index in [1.54, 1.807) is 0 Å². The van der Waals surface area contributed by atoms with Crippen LogP contribution in [-0.2, 0) is 10.4 Å². The van der Waals surface area contributed by atoms with E-state index in [0.29, 0.717) is 6.61 Å². The third-order valence-electron chi connectivity index (χ3n) is 4.62. The summed E-state index contributed by atoms with van der Waals surface area (Å²) in [4.78, 5) is 7.62. The monoisotopic (exact) mass is 427 g/mol. The summed E-state index contributed by atoms with van der Waals surface area (Å²) in [5.41, 5.74) is 2.95. The van der Waals surface area contributed by atoms with Crippen molar-refractivity contribution in [3.63, 3.8) is 0 Å². The van der Waals surface area contributed by atoms with Crippen LogP contribution in [0.3, 0.4) is 0 Å². The molecule has 0 aliphatic carbocycles. The largest absolute Gasteiger partial charge is 0.391 e. The van der Waals surface area contributed by atoms with E-state index < -0.39 is 17.9 Å². The topological polar surface area (TPSA) is 98.6 Å². The maximum Gasteiger partial charge on any atom is 0.276 e. The van der Waals surface area contributed by atoms with E-state index in [1.165, 1.54) is 22.8 Å². The van der Waals surface area contributed by atoms with E-state index in [9.17, 15) is 17.6 Å². The van der Waals surface area contributed by atoms with Gasteiger partial charge in [0.15, 0.2) is 11.5 Å². The minimum Gasteiger partial charge on any atom is -0.391 e. The molecule has 0 saturated carbocycles. The minimum atomic E-state index is -3.19. The van der Waals surface area contributed by atoms with Gasteiger partial charge < -0.3 is 15.6 Å². The smallest absolute Gasteiger partial charge is 0.276 e. The van der Waals surface area contributed by atoms with Crippen molar-refractivity contribution in [2.75, 3.05) is 18.9 Å². The molecule has 3 N–H and O–H groups in total. The number of alkyl halides is 3. The van der Waals surface area contributed by atoms with Crippen LogP contribution in [-0.4, -0.2) is 50.4 Å². The third-order valence-corrected chi connectivity index (χ3v) is 4.62. The zero-order valence-corrected chi connectivity index (χ0v) is 16.1. The number of hydrogen-bond donors (Lipinski definition) is 2. The van der Waals surface area contributed by atoms with Crippen molar-refractivity contribution in [1.29, 1.82) is 0 Å². The molecule has 0 radical (unpaired) electrons. The Morgan fingerprint density at radius 1 is 1.30 bits per heavy atom. The fourth-order valence-corrected chi connectivity index (χ4v) is 2.83. The second-order valence-corrected chi connectivity index (χ2v) is 6.97. The van der Waals surface area contributed by atoms with Crippen LogP contribution in [0.2, 0.25) is 0 Å². The van der Waals surface area contributed by atoms with Crippen LogP contribution in [0.15, 0.2) is 30.6 Å². The molecule has 30 heavy (non-hydrogen) atoms. The Labute approximate surface area is 169 Å². The van der Waals surface area contributed by atoms with E-state index in [4.69, 9.17) is 15.6 Å². The Kier molecular flexibility index (Phi) is 6.52. The number of nitrogens with two attached hydrogens (primary N) is 1. The van der Waals surface area contributed by atoms with E-state index >= 15 is 0 Å². The average Bonchev–Trinajstić information content (AvgIpc) is 3.05. The maximum absolute atomic E-state index is 13.9. The summed E-state index contributed by atoms with van der Waals surface area (Å²) in [5.74, 6) is -0.659. The molecule has 3 aromatic heterocycles. The summed E-state index contributed by atoms with van der Waals surface area (Å²) in [6, 6.07) is 3.65. The second-order valence-electron chi connectivity index (χ2n) is 6.97. The molecule has 11 heteroatoms. The van der Waals surface area contributed by atoms with Crippen LogP contribution in [0.1, 0.15) is 25.3 Å². The number of anilines is 1.